The van der Waals surface area contributed by atoms with Gasteiger partial charge in [0.15, 0.2) is 5.82 Å². The maximum absolute atomic E-state index is 4.60. The lowest BCUT2D eigenvalue weighted by atomic mass is 9.76. The quantitative estimate of drug-likeness (QED) is 0.775. The molecule has 0 saturated heterocycles. The first kappa shape index (κ1) is 16.5. The normalized spacial score (nSPS) is 22.7. The summed E-state index contributed by atoms with van der Waals surface area (Å²) in [5.74, 6) is 0.914. The van der Waals surface area contributed by atoms with Gasteiger partial charge < -0.3 is 10.6 Å². The summed E-state index contributed by atoms with van der Waals surface area (Å²) in [6.07, 6.45) is 14.9. The van der Waals surface area contributed by atoms with Gasteiger partial charge in [0.25, 0.3) is 0 Å². The highest BCUT2D eigenvalue weighted by Crippen LogP contribution is 2.37. The van der Waals surface area contributed by atoms with Crippen LogP contribution in [0.25, 0.3) is 0 Å². The summed E-state index contributed by atoms with van der Waals surface area (Å²) in [5.41, 5.74) is 2.50. The van der Waals surface area contributed by atoms with E-state index in [9.17, 15) is 0 Å². The average molecular weight is 316 g/mol. The molecule has 3 rings (SSSR count). The predicted molar refractivity (Wildman–Crippen MR) is 97.2 cm³/mol. The Hall–Kier alpha value is -1.32. The zero-order valence-corrected chi connectivity index (χ0v) is 14.7. The summed E-state index contributed by atoms with van der Waals surface area (Å²) in [7, 11) is 0. The van der Waals surface area contributed by atoms with Gasteiger partial charge in [0.1, 0.15) is 0 Å². The summed E-state index contributed by atoms with van der Waals surface area (Å²) < 4.78 is 0. The Morgan fingerprint density at radius 1 is 0.783 bits per heavy atom. The zero-order chi connectivity index (χ0) is 16.0. The summed E-state index contributed by atoms with van der Waals surface area (Å²) in [4.78, 5) is 0. The second-order valence-corrected chi connectivity index (χ2v) is 7.59. The van der Waals surface area contributed by atoms with Crippen LogP contribution in [0.15, 0.2) is 6.07 Å². The first-order valence-electron chi connectivity index (χ1n) is 9.64. The molecule has 2 heterocycles. The molecule has 1 aliphatic carbocycles. The van der Waals surface area contributed by atoms with Gasteiger partial charge >= 0.3 is 0 Å². The molecular formula is C19H32N4. The molecule has 2 aliphatic rings. The van der Waals surface area contributed by atoms with Crippen LogP contribution >= 0.6 is 0 Å². The van der Waals surface area contributed by atoms with Crippen molar-refractivity contribution in [2.75, 3.05) is 23.7 Å². The molecule has 0 aromatic carbocycles. The van der Waals surface area contributed by atoms with Crippen molar-refractivity contribution in [1.82, 2.24) is 10.2 Å². The number of aromatic nitrogens is 2. The average Bonchev–Trinajstić information content (AvgIpc) is 2.58. The molecule has 1 aromatic heterocycles. The lowest BCUT2D eigenvalue weighted by Gasteiger charge is -2.30. The SMILES string of the molecule is CC1(c2cc3c(nn2)NCCN3)CCCCCCCCCCC1. The van der Waals surface area contributed by atoms with Gasteiger partial charge in [-0.05, 0) is 18.9 Å². The predicted octanol–water partition coefficient (Wildman–Crippen LogP) is 4.88. The Kier molecular flexibility index (Phi) is 5.74. The van der Waals surface area contributed by atoms with Gasteiger partial charge in [-0.25, -0.2) is 0 Å². The van der Waals surface area contributed by atoms with Gasteiger partial charge in [-0.1, -0.05) is 64.7 Å². The van der Waals surface area contributed by atoms with Gasteiger partial charge in [0.05, 0.1) is 11.4 Å². The fourth-order valence-corrected chi connectivity index (χ4v) is 3.98. The smallest absolute Gasteiger partial charge is 0.172 e. The first-order valence-corrected chi connectivity index (χ1v) is 9.64. The van der Waals surface area contributed by atoms with Gasteiger partial charge in [-0.3, -0.25) is 0 Å². The minimum Gasteiger partial charge on any atom is -0.380 e. The third-order valence-corrected chi connectivity index (χ3v) is 5.60. The van der Waals surface area contributed by atoms with Gasteiger partial charge in [-0.2, -0.15) is 5.10 Å². The van der Waals surface area contributed by atoms with Crippen LogP contribution in [0.2, 0.25) is 0 Å². The first-order chi connectivity index (χ1) is 11.3. The highest BCUT2D eigenvalue weighted by molar-refractivity contribution is 5.66. The highest BCUT2D eigenvalue weighted by Gasteiger charge is 2.29. The molecule has 0 amide bonds. The molecule has 0 unspecified atom stereocenters. The standard InChI is InChI=1S/C19H32N4/c1-19(11-9-7-5-3-2-4-6-8-10-12-19)17-15-16-18(23-22-17)21-14-13-20-16/h15,20H,2-14H2,1H3,(H,21,23). The molecule has 0 atom stereocenters. The Morgan fingerprint density at radius 2 is 1.35 bits per heavy atom. The van der Waals surface area contributed by atoms with E-state index in [1.165, 1.54) is 76.3 Å². The van der Waals surface area contributed by atoms with Crippen LogP contribution in [0.1, 0.15) is 83.2 Å². The van der Waals surface area contributed by atoms with E-state index in [1.807, 2.05) is 0 Å². The molecule has 23 heavy (non-hydrogen) atoms. The van der Waals surface area contributed by atoms with E-state index in [0.29, 0.717) is 0 Å². The Morgan fingerprint density at radius 3 is 2.00 bits per heavy atom. The number of anilines is 2. The van der Waals surface area contributed by atoms with Gasteiger partial charge in [-0.15, -0.1) is 5.10 Å². The number of hydrogen-bond acceptors (Lipinski definition) is 4. The van der Waals surface area contributed by atoms with Crippen molar-refractivity contribution in [3.63, 3.8) is 0 Å². The number of fused-ring (bicyclic) bond motifs is 1. The molecule has 4 heteroatoms. The monoisotopic (exact) mass is 316 g/mol. The number of hydrogen-bond donors (Lipinski definition) is 2. The van der Waals surface area contributed by atoms with E-state index < -0.39 is 0 Å². The summed E-state index contributed by atoms with van der Waals surface area (Å²) in [6.45, 7) is 4.30. The van der Waals surface area contributed by atoms with Crippen LogP contribution in [0.3, 0.4) is 0 Å². The molecule has 0 radical (unpaired) electrons. The summed E-state index contributed by atoms with van der Waals surface area (Å²) in [5, 5.41) is 15.8. The third-order valence-electron chi connectivity index (χ3n) is 5.60. The fraction of sp³-hybridized carbons (Fsp3) is 0.789. The molecule has 1 fully saturated rings. The van der Waals surface area contributed by atoms with Crippen molar-refractivity contribution in [2.24, 2.45) is 0 Å². The largest absolute Gasteiger partial charge is 0.380 e. The maximum Gasteiger partial charge on any atom is 0.172 e. The molecule has 2 N–H and O–H groups in total. The van der Waals surface area contributed by atoms with Crippen LogP contribution in [0.5, 0.6) is 0 Å². The van der Waals surface area contributed by atoms with E-state index in [1.54, 1.807) is 0 Å². The molecule has 1 aromatic rings. The molecule has 0 spiro atoms. The summed E-state index contributed by atoms with van der Waals surface area (Å²) >= 11 is 0. The van der Waals surface area contributed by atoms with Crippen LogP contribution < -0.4 is 10.6 Å². The maximum atomic E-state index is 4.60. The Balaban J connectivity index is 1.74. The molecule has 0 bridgehead atoms. The lowest BCUT2D eigenvalue weighted by molar-refractivity contribution is 0.346. The molecule has 1 saturated carbocycles. The lowest BCUT2D eigenvalue weighted by Crippen LogP contribution is -2.27. The minimum absolute atomic E-state index is 0.181. The fourth-order valence-electron chi connectivity index (χ4n) is 3.98. The number of nitrogens with one attached hydrogen (secondary N) is 2. The van der Waals surface area contributed by atoms with Crippen molar-refractivity contribution in [2.45, 2.75) is 83.0 Å². The molecule has 4 nitrogen and oxygen atoms in total. The van der Waals surface area contributed by atoms with E-state index in [-0.39, 0.29) is 5.41 Å². The number of nitrogens with zero attached hydrogens (tertiary/aromatic N) is 2. The minimum atomic E-state index is 0.181. The van der Waals surface area contributed by atoms with Crippen LogP contribution in [-0.4, -0.2) is 23.3 Å². The van der Waals surface area contributed by atoms with E-state index in [0.717, 1.165) is 24.6 Å². The Bertz CT molecular complexity index is 488. The van der Waals surface area contributed by atoms with Crippen LogP contribution in [0.4, 0.5) is 11.5 Å². The van der Waals surface area contributed by atoms with Crippen LogP contribution in [-0.2, 0) is 5.41 Å². The van der Waals surface area contributed by atoms with Crippen molar-refractivity contribution in [3.8, 4) is 0 Å². The van der Waals surface area contributed by atoms with Crippen molar-refractivity contribution >= 4 is 11.5 Å². The van der Waals surface area contributed by atoms with Crippen LogP contribution in [0, 0.1) is 0 Å². The number of rotatable bonds is 1. The third kappa shape index (κ3) is 4.36. The van der Waals surface area contributed by atoms with Gasteiger partial charge in [0.2, 0.25) is 0 Å². The van der Waals surface area contributed by atoms with Crippen molar-refractivity contribution < 1.29 is 0 Å². The molecule has 128 valence electrons. The van der Waals surface area contributed by atoms with Crippen molar-refractivity contribution in [1.29, 1.82) is 0 Å². The van der Waals surface area contributed by atoms with E-state index in [2.05, 4.69) is 33.8 Å². The van der Waals surface area contributed by atoms with Gasteiger partial charge in [0, 0.05) is 18.5 Å². The highest BCUT2D eigenvalue weighted by atomic mass is 15.2. The van der Waals surface area contributed by atoms with E-state index >= 15 is 0 Å². The topological polar surface area (TPSA) is 49.8 Å². The Labute approximate surface area is 140 Å². The molecule has 1 aliphatic heterocycles. The van der Waals surface area contributed by atoms with E-state index in [4.69, 9.17) is 0 Å². The zero-order valence-electron chi connectivity index (χ0n) is 14.7. The second kappa shape index (κ2) is 7.98. The second-order valence-electron chi connectivity index (χ2n) is 7.59. The molecular weight excluding hydrogens is 284 g/mol. The summed E-state index contributed by atoms with van der Waals surface area (Å²) in [6, 6.07) is 2.25. The van der Waals surface area contributed by atoms with Crippen molar-refractivity contribution in [3.05, 3.63) is 11.8 Å².